The number of amides is 1. The van der Waals surface area contributed by atoms with Gasteiger partial charge in [0.05, 0.1) is 22.6 Å². The van der Waals surface area contributed by atoms with Crippen molar-refractivity contribution in [3.63, 3.8) is 0 Å². The minimum atomic E-state index is -0.538. The van der Waals surface area contributed by atoms with Gasteiger partial charge in [-0.05, 0) is 12.1 Å². The topological polar surface area (TPSA) is 67.0 Å². The quantitative estimate of drug-likeness (QED) is 0.610. The number of para-hydroxylation sites is 2. The number of nitrogens with one attached hydrogen (secondary N) is 2. The molecule has 2 rings (SSSR count). The van der Waals surface area contributed by atoms with E-state index in [9.17, 15) is 4.79 Å². The van der Waals surface area contributed by atoms with Gasteiger partial charge in [-0.15, -0.1) is 6.42 Å². The number of rotatable bonds is 1. The Morgan fingerprint density at radius 1 is 1.61 bits per heavy atom. The lowest BCUT2D eigenvalue weighted by Gasteiger charge is -1.96. The molecule has 0 saturated carbocycles. The van der Waals surface area contributed by atoms with Gasteiger partial charge in [0.25, 0.3) is 0 Å². The third-order valence-corrected chi connectivity index (χ3v) is 2.22. The molecule has 1 aromatic heterocycles. The Morgan fingerprint density at radius 3 is 2.83 bits per heavy atom. The molecule has 5 nitrogen and oxygen atoms in total. The summed E-state index contributed by atoms with van der Waals surface area (Å²) in [5.41, 5.74) is 1.68. The number of aromatic amines is 1. The number of hydrogen-bond acceptors (Lipinski definition) is 3. The predicted molar refractivity (Wildman–Crippen MR) is 79.3 cm³/mol. The Morgan fingerprint density at radius 2 is 2.28 bits per heavy atom. The van der Waals surface area contributed by atoms with Gasteiger partial charge >= 0.3 is 6.09 Å². The summed E-state index contributed by atoms with van der Waals surface area (Å²) in [6.07, 6.45) is 4.18. The molecule has 93 valence electrons. The van der Waals surface area contributed by atoms with E-state index in [2.05, 4.69) is 25.9 Å². The van der Waals surface area contributed by atoms with Gasteiger partial charge in [-0.1, -0.05) is 40.6 Å². The van der Waals surface area contributed by atoms with E-state index in [1.54, 1.807) is 4.43 Å². The molecule has 0 bridgehead atoms. The van der Waals surface area contributed by atoms with E-state index < -0.39 is 6.09 Å². The summed E-state index contributed by atoms with van der Waals surface area (Å²) in [4.78, 5) is 17.9. The first kappa shape index (κ1) is 14.3. The SMILES string of the molecule is C#C[CH]I.COC(=O)Nc1nc2ccccc2[nH]1. The Labute approximate surface area is 118 Å². The van der Waals surface area contributed by atoms with E-state index in [0.29, 0.717) is 5.95 Å². The summed E-state index contributed by atoms with van der Waals surface area (Å²) in [5.74, 6) is 2.68. The van der Waals surface area contributed by atoms with Crippen molar-refractivity contribution >= 4 is 45.7 Å². The summed E-state index contributed by atoms with van der Waals surface area (Å²) in [6.45, 7) is 0. The maximum atomic E-state index is 10.9. The normalized spacial score (nSPS) is 8.94. The molecule has 2 N–H and O–H groups in total. The van der Waals surface area contributed by atoms with Crippen LogP contribution in [0.4, 0.5) is 10.7 Å². The lowest BCUT2D eigenvalue weighted by molar-refractivity contribution is 0.186. The molecule has 1 radical (unpaired) electrons. The molecule has 0 aliphatic carbocycles. The number of ether oxygens (including phenoxy) is 1. The average Bonchev–Trinajstić information content (AvgIpc) is 2.80. The highest BCUT2D eigenvalue weighted by Gasteiger charge is 2.04. The van der Waals surface area contributed by atoms with Crippen LogP contribution in [0, 0.1) is 16.8 Å². The van der Waals surface area contributed by atoms with Gasteiger partial charge in [0.2, 0.25) is 5.95 Å². The zero-order valence-corrected chi connectivity index (χ0v) is 11.8. The monoisotopic (exact) mass is 356 g/mol. The number of aromatic nitrogens is 2. The number of carbonyl (C=O) groups excluding carboxylic acids is 1. The molecule has 0 fully saturated rings. The van der Waals surface area contributed by atoms with Crippen molar-refractivity contribution in [2.24, 2.45) is 0 Å². The predicted octanol–water partition coefficient (Wildman–Crippen LogP) is 2.96. The van der Waals surface area contributed by atoms with Crippen molar-refractivity contribution in [2.45, 2.75) is 0 Å². The summed E-state index contributed by atoms with van der Waals surface area (Å²) in [6, 6.07) is 7.51. The van der Waals surface area contributed by atoms with Crippen molar-refractivity contribution in [1.29, 1.82) is 0 Å². The van der Waals surface area contributed by atoms with Crippen molar-refractivity contribution in [1.82, 2.24) is 9.97 Å². The Balaban J connectivity index is 0.000000357. The Hall–Kier alpha value is -1.75. The molecular formula is C12H11IN3O2. The van der Waals surface area contributed by atoms with E-state index in [1.165, 1.54) is 7.11 Å². The van der Waals surface area contributed by atoms with Crippen LogP contribution in [-0.4, -0.2) is 23.2 Å². The van der Waals surface area contributed by atoms with E-state index >= 15 is 0 Å². The number of benzene rings is 1. The molecule has 0 aliphatic rings. The summed E-state index contributed by atoms with van der Waals surface area (Å²) in [5, 5.41) is 2.45. The van der Waals surface area contributed by atoms with Gasteiger partial charge in [-0.2, -0.15) is 0 Å². The average molecular weight is 356 g/mol. The number of imidazole rings is 1. The van der Waals surface area contributed by atoms with E-state index in [4.69, 9.17) is 6.42 Å². The van der Waals surface area contributed by atoms with Crippen LogP contribution in [0.15, 0.2) is 24.3 Å². The van der Waals surface area contributed by atoms with Crippen molar-refractivity contribution in [3.8, 4) is 12.3 Å². The maximum Gasteiger partial charge on any atom is 0.413 e. The number of methoxy groups -OCH3 is 1. The van der Waals surface area contributed by atoms with Crippen LogP contribution in [-0.2, 0) is 4.74 Å². The molecule has 1 aromatic carbocycles. The van der Waals surface area contributed by atoms with Crippen LogP contribution in [0.3, 0.4) is 0 Å². The number of nitrogens with zero attached hydrogens (tertiary/aromatic N) is 1. The van der Waals surface area contributed by atoms with E-state index in [-0.39, 0.29) is 0 Å². The maximum absolute atomic E-state index is 10.9. The van der Waals surface area contributed by atoms with E-state index in [0.717, 1.165) is 11.0 Å². The fourth-order valence-corrected chi connectivity index (χ4v) is 1.16. The molecule has 0 aliphatic heterocycles. The number of anilines is 1. The largest absolute Gasteiger partial charge is 0.453 e. The fraction of sp³-hybridized carbons (Fsp3) is 0.0833. The molecule has 1 amide bonds. The van der Waals surface area contributed by atoms with Gasteiger partial charge < -0.3 is 9.72 Å². The molecule has 2 aromatic rings. The number of halogens is 1. The van der Waals surface area contributed by atoms with Gasteiger partial charge in [0.15, 0.2) is 0 Å². The Bertz CT molecular complexity index is 527. The van der Waals surface area contributed by atoms with Gasteiger partial charge in [-0.25, -0.2) is 9.78 Å². The zero-order chi connectivity index (χ0) is 13.4. The zero-order valence-electron chi connectivity index (χ0n) is 9.61. The molecule has 0 saturated heterocycles. The minimum absolute atomic E-state index is 0.387. The molecule has 1 heterocycles. The standard InChI is InChI=1S/C9H9N3O2.C3H2I/c1-14-9(13)12-8-10-6-4-2-3-5-7(6)11-8;1-2-3-4/h2-5H,1H3,(H2,10,11,12,13);1,3H. The van der Waals surface area contributed by atoms with Crippen molar-refractivity contribution in [2.75, 3.05) is 12.4 Å². The summed E-state index contributed by atoms with van der Waals surface area (Å²) < 4.78 is 6.06. The third-order valence-electron chi connectivity index (χ3n) is 1.86. The number of hydrogen-bond donors (Lipinski definition) is 2. The van der Waals surface area contributed by atoms with E-state index in [1.807, 2.05) is 46.9 Å². The molecule has 0 atom stereocenters. The molecule has 6 heteroatoms. The van der Waals surface area contributed by atoms with Crippen LogP contribution in [0.5, 0.6) is 0 Å². The van der Waals surface area contributed by atoms with Gasteiger partial charge in [0, 0.05) is 0 Å². The van der Waals surface area contributed by atoms with Crippen LogP contribution in [0.25, 0.3) is 11.0 Å². The second-order valence-corrected chi connectivity index (χ2v) is 3.62. The second kappa shape index (κ2) is 7.55. The third kappa shape index (κ3) is 4.25. The van der Waals surface area contributed by atoms with Crippen molar-refractivity contribution in [3.05, 3.63) is 28.7 Å². The summed E-state index contributed by atoms with van der Waals surface area (Å²) >= 11 is 1.99. The molecule has 18 heavy (non-hydrogen) atoms. The lowest BCUT2D eigenvalue weighted by Crippen LogP contribution is -2.11. The van der Waals surface area contributed by atoms with Crippen molar-refractivity contribution < 1.29 is 9.53 Å². The number of terminal acetylenes is 1. The molecular weight excluding hydrogens is 345 g/mol. The van der Waals surface area contributed by atoms with Crippen LogP contribution < -0.4 is 5.32 Å². The molecule has 0 spiro atoms. The smallest absolute Gasteiger partial charge is 0.413 e. The van der Waals surface area contributed by atoms with Gasteiger partial charge in [-0.3, -0.25) is 5.32 Å². The first-order valence-corrected chi connectivity index (χ1v) is 6.13. The summed E-state index contributed by atoms with van der Waals surface area (Å²) in [7, 11) is 1.30. The highest BCUT2D eigenvalue weighted by atomic mass is 127. The van der Waals surface area contributed by atoms with Crippen LogP contribution in [0.1, 0.15) is 0 Å². The molecule has 0 unspecified atom stereocenters. The van der Waals surface area contributed by atoms with Gasteiger partial charge in [0.1, 0.15) is 0 Å². The number of fused-ring (bicyclic) bond motifs is 1. The lowest BCUT2D eigenvalue weighted by atomic mass is 10.3. The highest BCUT2D eigenvalue weighted by molar-refractivity contribution is 14.1. The van der Waals surface area contributed by atoms with Crippen LogP contribution >= 0.6 is 22.6 Å². The highest BCUT2D eigenvalue weighted by Crippen LogP contribution is 2.12. The Kier molecular flexibility index (Phi) is 6.00. The number of carbonyl (C=O) groups is 1. The first-order chi connectivity index (χ1) is 8.71. The first-order valence-electron chi connectivity index (χ1n) is 4.89. The number of H-pyrrole nitrogens is 1. The fourth-order valence-electron chi connectivity index (χ4n) is 1.16. The minimum Gasteiger partial charge on any atom is -0.453 e. The second-order valence-electron chi connectivity index (χ2n) is 2.99. The van der Waals surface area contributed by atoms with Crippen LogP contribution in [0.2, 0.25) is 0 Å².